The lowest BCUT2D eigenvalue weighted by Gasteiger charge is -2.34. The van der Waals surface area contributed by atoms with Crippen LogP contribution in [0.25, 0.3) is 10.2 Å². The standard InChI is InChI=1S/C27H25N5O5S2/c33-26(29-13-15-30(16-14-29)27-28-24-10-7-22(32(34)35)17-25(24)38-27)20-5-8-23(9-6-20)39(36,37)31-12-11-19-3-1-2-4-21(19)18-31/h1-10,17H,11-16,18H2. The Morgan fingerprint density at radius 1 is 0.923 bits per heavy atom. The van der Waals surface area contributed by atoms with E-state index in [2.05, 4.69) is 9.88 Å². The lowest BCUT2D eigenvalue weighted by molar-refractivity contribution is -0.384. The number of non-ortho nitro benzene ring substituents is 1. The highest BCUT2D eigenvalue weighted by Gasteiger charge is 2.29. The summed E-state index contributed by atoms with van der Waals surface area (Å²) in [6, 6.07) is 18.7. The molecule has 200 valence electrons. The quantitative estimate of drug-likeness (QED) is 0.267. The van der Waals surface area contributed by atoms with Crippen molar-refractivity contribution < 1.29 is 18.1 Å². The Bertz CT molecular complexity index is 1680. The summed E-state index contributed by atoms with van der Waals surface area (Å²) in [5, 5.41) is 11.8. The molecule has 4 aromatic rings. The van der Waals surface area contributed by atoms with Crippen LogP contribution in [0.15, 0.2) is 71.6 Å². The number of nitro benzene ring substituents is 1. The maximum atomic E-state index is 13.3. The fourth-order valence-corrected chi connectivity index (χ4v) is 7.50. The Morgan fingerprint density at radius 3 is 2.36 bits per heavy atom. The van der Waals surface area contributed by atoms with Crippen molar-refractivity contribution in [1.82, 2.24) is 14.2 Å². The van der Waals surface area contributed by atoms with Crippen LogP contribution < -0.4 is 4.90 Å². The highest BCUT2D eigenvalue weighted by atomic mass is 32.2. The molecule has 0 spiro atoms. The normalized spacial score (nSPS) is 16.3. The molecule has 1 amide bonds. The first-order valence-electron chi connectivity index (χ1n) is 12.6. The number of benzene rings is 3. The number of fused-ring (bicyclic) bond motifs is 2. The van der Waals surface area contributed by atoms with Gasteiger partial charge in [0.1, 0.15) is 0 Å². The van der Waals surface area contributed by atoms with Crippen LogP contribution in [0.1, 0.15) is 21.5 Å². The van der Waals surface area contributed by atoms with Gasteiger partial charge in [0.05, 0.1) is 20.0 Å². The van der Waals surface area contributed by atoms with Gasteiger partial charge < -0.3 is 9.80 Å². The van der Waals surface area contributed by atoms with E-state index in [1.807, 2.05) is 24.3 Å². The SMILES string of the molecule is O=C(c1ccc(S(=O)(=O)N2CCc3ccccc3C2)cc1)N1CCN(c2nc3ccc([N+](=O)[O-])cc3s2)CC1. The third kappa shape index (κ3) is 4.86. The van der Waals surface area contributed by atoms with Crippen molar-refractivity contribution in [3.05, 3.63) is 93.5 Å². The molecule has 0 atom stereocenters. The second-order valence-electron chi connectivity index (χ2n) is 9.57. The number of anilines is 1. The minimum atomic E-state index is -3.67. The number of nitro groups is 1. The fourth-order valence-electron chi connectivity index (χ4n) is 5.03. The molecule has 0 N–H and O–H groups in total. The van der Waals surface area contributed by atoms with Gasteiger partial charge in [-0.1, -0.05) is 35.6 Å². The number of nitrogens with zero attached hydrogens (tertiary/aromatic N) is 5. The number of piperazine rings is 1. The molecule has 39 heavy (non-hydrogen) atoms. The summed E-state index contributed by atoms with van der Waals surface area (Å²) in [6.07, 6.45) is 0.675. The van der Waals surface area contributed by atoms with Gasteiger partial charge in [-0.3, -0.25) is 14.9 Å². The maximum Gasteiger partial charge on any atom is 0.270 e. The summed E-state index contributed by atoms with van der Waals surface area (Å²) in [5.74, 6) is -0.148. The van der Waals surface area contributed by atoms with E-state index in [4.69, 9.17) is 0 Å². The number of rotatable bonds is 5. The number of aromatic nitrogens is 1. The molecule has 3 aromatic carbocycles. The van der Waals surface area contributed by atoms with Gasteiger partial charge in [-0.2, -0.15) is 4.31 Å². The van der Waals surface area contributed by atoms with Gasteiger partial charge in [-0.25, -0.2) is 13.4 Å². The minimum absolute atomic E-state index is 0.0354. The molecule has 12 heteroatoms. The topological polar surface area (TPSA) is 117 Å². The van der Waals surface area contributed by atoms with Crippen LogP contribution in [0.3, 0.4) is 0 Å². The summed E-state index contributed by atoms with van der Waals surface area (Å²) < 4.78 is 28.8. The van der Waals surface area contributed by atoms with Crippen molar-refractivity contribution in [2.24, 2.45) is 0 Å². The third-order valence-electron chi connectivity index (χ3n) is 7.24. The summed E-state index contributed by atoms with van der Waals surface area (Å²) >= 11 is 1.40. The van der Waals surface area contributed by atoms with Crippen LogP contribution in [-0.2, 0) is 23.0 Å². The molecule has 0 aliphatic carbocycles. The van der Waals surface area contributed by atoms with Gasteiger partial charge in [0.2, 0.25) is 10.0 Å². The first-order valence-corrected chi connectivity index (χ1v) is 14.8. The number of thiazole rings is 1. The van der Waals surface area contributed by atoms with Crippen LogP contribution >= 0.6 is 11.3 Å². The maximum absolute atomic E-state index is 13.3. The first kappa shape index (κ1) is 25.4. The average Bonchev–Trinajstić information content (AvgIpc) is 3.40. The summed E-state index contributed by atoms with van der Waals surface area (Å²) in [4.78, 5) is 32.4. The van der Waals surface area contributed by atoms with E-state index in [9.17, 15) is 23.3 Å². The Hall–Kier alpha value is -3.87. The van der Waals surface area contributed by atoms with Crippen molar-refractivity contribution in [1.29, 1.82) is 0 Å². The molecule has 2 aliphatic rings. The second-order valence-corrected chi connectivity index (χ2v) is 12.5. The Morgan fingerprint density at radius 2 is 1.64 bits per heavy atom. The molecule has 0 radical (unpaired) electrons. The predicted molar refractivity (Wildman–Crippen MR) is 149 cm³/mol. The van der Waals surface area contributed by atoms with E-state index < -0.39 is 14.9 Å². The smallest absolute Gasteiger partial charge is 0.270 e. The van der Waals surface area contributed by atoms with Crippen molar-refractivity contribution in [3.63, 3.8) is 0 Å². The predicted octanol–water partition coefficient (Wildman–Crippen LogP) is 3.91. The van der Waals surface area contributed by atoms with Gasteiger partial charge >= 0.3 is 0 Å². The highest BCUT2D eigenvalue weighted by molar-refractivity contribution is 7.89. The van der Waals surface area contributed by atoms with Gasteiger partial charge in [0, 0.05) is 57.0 Å². The molecule has 1 saturated heterocycles. The van der Waals surface area contributed by atoms with Crippen molar-refractivity contribution in [2.45, 2.75) is 17.9 Å². The van der Waals surface area contributed by atoms with Gasteiger partial charge in [-0.05, 0) is 47.9 Å². The van der Waals surface area contributed by atoms with Crippen LogP contribution in [0.4, 0.5) is 10.8 Å². The molecule has 0 unspecified atom stereocenters. The summed E-state index contributed by atoms with van der Waals surface area (Å²) in [6.45, 7) is 2.91. The molecular formula is C27H25N5O5S2. The first-order chi connectivity index (χ1) is 18.8. The second kappa shape index (κ2) is 10.0. The molecule has 1 fully saturated rings. The highest BCUT2D eigenvalue weighted by Crippen LogP contribution is 2.32. The number of hydrogen-bond donors (Lipinski definition) is 0. The lowest BCUT2D eigenvalue weighted by Crippen LogP contribution is -2.48. The van der Waals surface area contributed by atoms with Crippen molar-refractivity contribution in [3.8, 4) is 0 Å². The lowest BCUT2D eigenvalue weighted by atomic mass is 10.0. The van der Waals surface area contributed by atoms with E-state index in [1.54, 1.807) is 23.1 Å². The molecule has 2 aliphatic heterocycles. The Kier molecular flexibility index (Phi) is 6.53. The van der Waals surface area contributed by atoms with Crippen LogP contribution in [0.2, 0.25) is 0 Å². The van der Waals surface area contributed by atoms with Crippen molar-refractivity contribution in [2.75, 3.05) is 37.6 Å². The minimum Gasteiger partial charge on any atom is -0.345 e. The van der Waals surface area contributed by atoms with Crippen molar-refractivity contribution >= 4 is 48.3 Å². The van der Waals surface area contributed by atoms with Gasteiger partial charge in [0.15, 0.2) is 5.13 Å². The molecule has 0 bridgehead atoms. The molecular weight excluding hydrogens is 538 g/mol. The largest absolute Gasteiger partial charge is 0.345 e. The number of carbonyl (C=O) groups is 1. The van der Waals surface area contributed by atoms with Gasteiger partial charge in [-0.15, -0.1) is 0 Å². The molecule has 10 nitrogen and oxygen atoms in total. The molecule has 1 aromatic heterocycles. The van der Waals surface area contributed by atoms with Gasteiger partial charge in [0.25, 0.3) is 11.6 Å². The Balaban J connectivity index is 1.10. The number of sulfonamides is 1. The fraction of sp³-hybridized carbons (Fsp3) is 0.259. The molecule has 0 saturated carbocycles. The molecule has 3 heterocycles. The summed E-state index contributed by atoms with van der Waals surface area (Å²) in [5.41, 5.74) is 3.39. The number of amides is 1. The number of carbonyl (C=O) groups excluding carboxylic acids is 1. The van der Waals surface area contributed by atoms with Crippen LogP contribution in [-0.4, -0.2) is 66.2 Å². The number of hydrogen-bond acceptors (Lipinski definition) is 8. The van der Waals surface area contributed by atoms with Crippen LogP contribution in [0, 0.1) is 10.1 Å². The molecule has 6 rings (SSSR count). The zero-order valence-corrected chi connectivity index (χ0v) is 22.5. The summed E-state index contributed by atoms with van der Waals surface area (Å²) in [7, 11) is -3.67. The van der Waals surface area contributed by atoms with E-state index >= 15 is 0 Å². The Labute approximate surface area is 229 Å². The zero-order chi connectivity index (χ0) is 27.1. The third-order valence-corrected chi connectivity index (χ3v) is 10.2. The van der Waals surface area contributed by atoms with E-state index in [0.717, 1.165) is 15.4 Å². The van der Waals surface area contributed by atoms with E-state index in [-0.39, 0.29) is 16.5 Å². The zero-order valence-electron chi connectivity index (χ0n) is 20.9. The monoisotopic (exact) mass is 563 g/mol. The van der Waals surface area contributed by atoms with E-state index in [0.29, 0.717) is 56.8 Å². The van der Waals surface area contributed by atoms with E-state index in [1.165, 1.54) is 45.5 Å². The average molecular weight is 564 g/mol. The van der Waals surface area contributed by atoms with Crippen LogP contribution in [0.5, 0.6) is 0 Å².